The van der Waals surface area contributed by atoms with Crippen molar-refractivity contribution >= 4 is 39.4 Å². The average Bonchev–Trinajstić information content (AvgIpc) is 2.68. The number of benzene rings is 3. The maximum atomic E-state index is 6.31. The Bertz CT molecular complexity index is 1070. The summed E-state index contributed by atoms with van der Waals surface area (Å²) in [4.78, 5) is 7.20. The second kappa shape index (κ2) is 6.93. The third-order valence-corrected chi connectivity index (χ3v) is 5.00. The number of fused-ring (bicyclic) bond motifs is 2. The Labute approximate surface area is 158 Å². The molecule has 130 valence electrons. The fraction of sp³-hybridized carbons (Fsp3) is 0.182. The standard InChI is InChI=1S/C22H21ClN3/c1-3-25(4-2)18-11-13-20-22(15-18)26(17-8-6-5-7-9-17)21-14-16(23)10-12-19(21)24-20/h5-15H,3-4H2,1-2H3/q+1. The normalized spacial score (nSPS) is 11.2. The summed E-state index contributed by atoms with van der Waals surface area (Å²) in [5, 5.41) is 0.711. The van der Waals surface area contributed by atoms with E-state index >= 15 is 0 Å². The van der Waals surface area contributed by atoms with Gasteiger partial charge in [0.05, 0.1) is 0 Å². The Hall–Kier alpha value is -2.65. The van der Waals surface area contributed by atoms with Crippen LogP contribution in [-0.2, 0) is 0 Å². The minimum atomic E-state index is 0.711. The number of anilines is 1. The van der Waals surface area contributed by atoms with Crippen molar-refractivity contribution < 1.29 is 4.57 Å². The molecule has 0 saturated carbocycles. The van der Waals surface area contributed by atoms with Gasteiger partial charge in [-0.25, -0.2) is 4.98 Å². The molecule has 0 fully saturated rings. The highest BCUT2D eigenvalue weighted by Gasteiger charge is 2.20. The van der Waals surface area contributed by atoms with Crippen molar-refractivity contribution in [3.63, 3.8) is 0 Å². The SMILES string of the molecule is CCN(CC)c1ccc2nc3ccc(Cl)cc3[n+](-c3ccccc3)c2c1. The summed E-state index contributed by atoms with van der Waals surface area (Å²) in [6.07, 6.45) is 0. The molecule has 4 heteroatoms. The molecule has 1 heterocycles. The van der Waals surface area contributed by atoms with Crippen LogP contribution in [-0.4, -0.2) is 18.1 Å². The van der Waals surface area contributed by atoms with Gasteiger partial charge in [-0.3, -0.25) is 0 Å². The molecule has 0 radical (unpaired) electrons. The molecule has 0 aliphatic heterocycles. The summed E-state index contributed by atoms with van der Waals surface area (Å²) < 4.78 is 2.25. The van der Waals surface area contributed by atoms with Crippen molar-refractivity contribution in [1.82, 2.24) is 4.98 Å². The van der Waals surface area contributed by atoms with Crippen molar-refractivity contribution in [2.24, 2.45) is 0 Å². The lowest BCUT2D eigenvalue weighted by Crippen LogP contribution is -2.33. The summed E-state index contributed by atoms with van der Waals surface area (Å²) in [6, 6.07) is 22.7. The number of aromatic nitrogens is 2. The Morgan fingerprint density at radius 3 is 2.19 bits per heavy atom. The first-order valence-electron chi connectivity index (χ1n) is 8.96. The molecule has 26 heavy (non-hydrogen) atoms. The van der Waals surface area contributed by atoms with E-state index in [1.807, 2.05) is 24.3 Å². The van der Waals surface area contributed by atoms with Gasteiger partial charge in [-0.05, 0) is 38.1 Å². The van der Waals surface area contributed by atoms with Gasteiger partial charge in [0.15, 0.2) is 0 Å². The zero-order valence-corrected chi connectivity index (χ0v) is 15.7. The Morgan fingerprint density at radius 1 is 0.846 bits per heavy atom. The molecule has 0 amide bonds. The molecule has 0 aliphatic rings. The molecule has 4 rings (SSSR count). The summed E-state index contributed by atoms with van der Waals surface area (Å²) in [7, 11) is 0. The molecule has 0 spiro atoms. The third kappa shape index (κ3) is 2.89. The molecule has 0 unspecified atom stereocenters. The second-order valence-electron chi connectivity index (χ2n) is 6.26. The van der Waals surface area contributed by atoms with Crippen LogP contribution in [0, 0.1) is 0 Å². The van der Waals surface area contributed by atoms with Crippen LogP contribution in [0.25, 0.3) is 27.8 Å². The fourth-order valence-corrected chi connectivity index (χ4v) is 3.62. The van der Waals surface area contributed by atoms with Crippen LogP contribution >= 0.6 is 11.6 Å². The summed E-state index contributed by atoms with van der Waals surface area (Å²) >= 11 is 6.31. The van der Waals surface area contributed by atoms with Gasteiger partial charge in [0.2, 0.25) is 16.7 Å². The Morgan fingerprint density at radius 2 is 1.50 bits per heavy atom. The van der Waals surface area contributed by atoms with Gasteiger partial charge >= 0.3 is 0 Å². The number of hydrogen-bond donors (Lipinski definition) is 0. The molecule has 0 saturated heterocycles. The van der Waals surface area contributed by atoms with E-state index in [4.69, 9.17) is 16.6 Å². The van der Waals surface area contributed by atoms with E-state index in [0.717, 1.165) is 40.8 Å². The van der Waals surface area contributed by atoms with Gasteiger partial charge in [0.25, 0.3) is 0 Å². The molecular weight excluding hydrogens is 342 g/mol. The minimum absolute atomic E-state index is 0.711. The highest BCUT2D eigenvalue weighted by atomic mass is 35.5. The smallest absolute Gasteiger partial charge is 0.239 e. The first-order valence-corrected chi connectivity index (χ1v) is 9.34. The lowest BCUT2D eigenvalue weighted by molar-refractivity contribution is -0.538. The first-order chi connectivity index (χ1) is 12.7. The summed E-state index contributed by atoms with van der Waals surface area (Å²) in [5.41, 5.74) is 6.29. The van der Waals surface area contributed by atoms with E-state index in [1.54, 1.807) is 0 Å². The third-order valence-electron chi connectivity index (χ3n) is 4.76. The summed E-state index contributed by atoms with van der Waals surface area (Å²) in [6.45, 7) is 6.30. The number of nitrogens with zero attached hydrogens (tertiary/aromatic N) is 3. The average molecular weight is 363 g/mol. The molecule has 1 aromatic heterocycles. The fourth-order valence-electron chi connectivity index (χ4n) is 3.46. The lowest BCUT2D eigenvalue weighted by atomic mass is 10.2. The largest absolute Gasteiger partial charge is 0.372 e. The number of rotatable bonds is 4. The van der Waals surface area contributed by atoms with E-state index < -0.39 is 0 Å². The van der Waals surface area contributed by atoms with Crippen LogP contribution in [0.5, 0.6) is 0 Å². The Kier molecular flexibility index (Phi) is 4.48. The highest BCUT2D eigenvalue weighted by molar-refractivity contribution is 6.31. The molecule has 0 aliphatic carbocycles. The Balaban J connectivity index is 2.11. The van der Waals surface area contributed by atoms with Crippen LogP contribution in [0.15, 0.2) is 66.7 Å². The predicted molar refractivity (Wildman–Crippen MR) is 109 cm³/mol. The van der Waals surface area contributed by atoms with Crippen molar-refractivity contribution in [3.05, 3.63) is 71.8 Å². The van der Waals surface area contributed by atoms with Crippen LogP contribution < -0.4 is 9.47 Å². The molecule has 4 aromatic rings. The van der Waals surface area contributed by atoms with Gasteiger partial charge in [-0.1, -0.05) is 29.8 Å². The number of para-hydroxylation sites is 1. The van der Waals surface area contributed by atoms with E-state index in [0.29, 0.717) is 5.02 Å². The van der Waals surface area contributed by atoms with Gasteiger partial charge in [0.1, 0.15) is 11.0 Å². The molecule has 3 nitrogen and oxygen atoms in total. The van der Waals surface area contributed by atoms with Crippen molar-refractivity contribution in [1.29, 1.82) is 0 Å². The lowest BCUT2D eigenvalue weighted by Gasteiger charge is -2.20. The number of hydrogen-bond acceptors (Lipinski definition) is 2. The van der Waals surface area contributed by atoms with Crippen LogP contribution in [0.4, 0.5) is 5.69 Å². The van der Waals surface area contributed by atoms with Crippen molar-refractivity contribution in [2.45, 2.75) is 13.8 Å². The molecule has 0 bridgehead atoms. The van der Waals surface area contributed by atoms with Crippen LogP contribution in [0.1, 0.15) is 13.8 Å². The maximum Gasteiger partial charge on any atom is 0.239 e. The van der Waals surface area contributed by atoms with Crippen LogP contribution in [0.3, 0.4) is 0 Å². The topological polar surface area (TPSA) is 20.0 Å². The quantitative estimate of drug-likeness (QED) is 0.369. The van der Waals surface area contributed by atoms with E-state index in [1.165, 1.54) is 5.69 Å². The first kappa shape index (κ1) is 16.8. The zero-order valence-electron chi connectivity index (χ0n) is 15.0. The van der Waals surface area contributed by atoms with Crippen molar-refractivity contribution in [2.75, 3.05) is 18.0 Å². The monoisotopic (exact) mass is 362 g/mol. The predicted octanol–water partition coefficient (Wildman–Crippen LogP) is 5.16. The summed E-state index contributed by atoms with van der Waals surface area (Å²) in [5.74, 6) is 0. The van der Waals surface area contributed by atoms with Gasteiger partial charge in [-0.15, -0.1) is 4.57 Å². The highest BCUT2D eigenvalue weighted by Crippen LogP contribution is 2.24. The maximum absolute atomic E-state index is 6.31. The van der Waals surface area contributed by atoms with Crippen molar-refractivity contribution in [3.8, 4) is 5.69 Å². The minimum Gasteiger partial charge on any atom is -0.372 e. The van der Waals surface area contributed by atoms with Gasteiger partial charge in [-0.2, -0.15) is 0 Å². The van der Waals surface area contributed by atoms with E-state index in [9.17, 15) is 0 Å². The second-order valence-corrected chi connectivity index (χ2v) is 6.70. The van der Waals surface area contributed by atoms with Crippen LogP contribution in [0.2, 0.25) is 5.02 Å². The molecular formula is C22H21ClN3+. The molecule has 0 atom stereocenters. The van der Waals surface area contributed by atoms with Gasteiger partial charge < -0.3 is 4.90 Å². The number of halogens is 1. The molecule has 0 N–H and O–H groups in total. The molecule has 3 aromatic carbocycles. The van der Waals surface area contributed by atoms with Gasteiger partial charge in [0, 0.05) is 48.1 Å². The van der Waals surface area contributed by atoms with E-state index in [2.05, 4.69) is 65.8 Å². The zero-order chi connectivity index (χ0) is 18.1. The van der Waals surface area contributed by atoms with E-state index in [-0.39, 0.29) is 0 Å².